The highest BCUT2D eigenvalue weighted by Crippen LogP contribution is 2.41. The van der Waals surface area contributed by atoms with E-state index in [0.717, 1.165) is 0 Å². The van der Waals surface area contributed by atoms with Gasteiger partial charge in [0.1, 0.15) is 0 Å². The quantitative estimate of drug-likeness (QED) is 0.520. The summed E-state index contributed by atoms with van der Waals surface area (Å²) >= 11 is 0. The second kappa shape index (κ2) is 5.55. The Balaban J connectivity index is 2.00. The van der Waals surface area contributed by atoms with E-state index < -0.39 is 0 Å². The second-order valence-electron chi connectivity index (χ2n) is 6.20. The Morgan fingerprint density at radius 3 is 2.13 bits per heavy atom. The van der Waals surface area contributed by atoms with Crippen molar-refractivity contribution >= 4 is 6.08 Å². The molecule has 0 N–H and O–H groups in total. The molecule has 3 aromatic carbocycles. The molecular weight excluding hydrogens is 276 g/mol. The Morgan fingerprint density at radius 2 is 1.35 bits per heavy atom. The fourth-order valence-corrected chi connectivity index (χ4v) is 3.47. The number of benzene rings is 3. The summed E-state index contributed by atoms with van der Waals surface area (Å²) in [5.74, 6) is 0. The van der Waals surface area contributed by atoms with Gasteiger partial charge in [-0.25, -0.2) is 0 Å². The minimum Gasteiger partial charge on any atom is -0.0642 e. The first-order valence-electron chi connectivity index (χ1n) is 8.05. The van der Waals surface area contributed by atoms with Gasteiger partial charge in [-0.3, -0.25) is 0 Å². The number of aryl methyl sites for hydroxylation is 1. The molecule has 0 nitrogen and oxygen atoms in total. The second-order valence-corrected chi connectivity index (χ2v) is 6.20. The van der Waals surface area contributed by atoms with E-state index in [9.17, 15) is 0 Å². The molecule has 0 amide bonds. The van der Waals surface area contributed by atoms with Crippen LogP contribution in [0.1, 0.15) is 23.6 Å². The molecule has 111 valence electrons. The van der Waals surface area contributed by atoms with E-state index in [1.807, 2.05) is 0 Å². The molecule has 0 saturated carbocycles. The maximum atomic E-state index is 2.30. The predicted molar refractivity (Wildman–Crippen MR) is 99.1 cm³/mol. The summed E-state index contributed by atoms with van der Waals surface area (Å²) in [6.07, 6.45) is 4.57. The minimum atomic E-state index is 1.27. The van der Waals surface area contributed by atoms with Crippen LogP contribution in [0.5, 0.6) is 0 Å². The summed E-state index contributed by atoms with van der Waals surface area (Å²) in [7, 11) is 0. The Labute approximate surface area is 138 Å². The molecule has 0 saturated heterocycles. The van der Waals surface area contributed by atoms with Crippen molar-refractivity contribution in [3.8, 4) is 22.3 Å². The van der Waals surface area contributed by atoms with Crippen LogP contribution >= 0.6 is 0 Å². The van der Waals surface area contributed by atoms with Crippen LogP contribution in [0.4, 0.5) is 0 Å². The molecule has 0 aliphatic heterocycles. The third-order valence-corrected chi connectivity index (χ3v) is 4.52. The molecule has 1 radical (unpaired) electrons. The number of fused-ring (bicyclic) bond motifs is 1. The molecule has 23 heavy (non-hydrogen) atoms. The van der Waals surface area contributed by atoms with Crippen LogP contribution in [-0.4, -0.2) is 0 Å². The van der Waals surface area contributed by atoms with Crippen LogP contribution in [0, 0.1) is 13.3 Å². The molecule has 0 fully saturated rings. The molecule has 0 bridgehead atoms. The van der Waals surface area contributed by atoms with Crippen molar-refractivity contribution in [2.75, 3.05) is 0 Å². The molecule has 0 unspecified atom stereocenters. The van der Waals surface area contributed by atoms with Gasteiger partial charge in [-0.1, -0.05) is 78.4 Å². The lowest BCUT2D eigenvalue weighted by atomic mass is 9.88. The maximum absolute atomic E-state index is 2.30. The fourth-order valence-electron chi connectivity index (χ4n) is 3.47. The van der Waals surface area contributed by atoms with Crippen LogP contribution in [0.15, 0.2) is 72.3 Å². The molecule has 0 aromatic heterocycles. The predicted octanol–water partition coefficient (Wildman–Crippen LogP) is 6.30. The first-order chi connectivity index (χ1) is 11.2. The average Bonchev–Trinajstić information content (AvgIpc) is 2.96. The third kappa shape index (κ3) is 2.41. The summed E-state index contributed by atoms with van der Waals surface area (Å²) in [4.78, 5) is 0. The van der Waals surface area contributed by atoms with Gasteiger partial charge in [0.05, 0.1) is 0 Å². The lowest BCUT2D eigenvalue weighted by molar-refractivity contribution is 1.40. The topological polar surface area (TPSA) is 0 Å². The highest BCUT2D eigenvalue weighted by atomic mass is 14.2. The monoisotopic (exact) mass is 295 g/mol. The lowest BCUT2D eigenvalue weighted by Crippen LogP contribution is -1.93. The van der Waals surface area contributed by atoms with E-state index in [1.54, 1.807) is 0 Å². The van der Waals surface area contributed by atoms with Crippen LogP contribution < -0.4 is 0 Å². The van der Waals surface area contributed by atoms with Gasteiger partial charge in [-0.15, -0.1) is 0 Å². The van der Waals surface area contributed by atoms with Gasteiger partial charge >= 0.3 is 0 Å². The number of hydrogen-bond acceptors (Lipinski definition) is 0. The molecule has 0 atom stereocenters. The molecule has 1 aliphatic rings. The SMILES string of the molecule is CC1=Cc2c(ccc(C)c2-c2ccccc2-c2ccccc2)[CH]1. The van der Waals surface area contributed by atoms with Crippen molar-refractivity contribution in [1.82, 2.24) is 0 Å². The van der Waals surface area contributed by atoms with E-state index >= 15 is 0 Å². The zero-order chi connectivity index (χ0) is 15.8. The van der Waals surface area contributed by atoms with Crippen LogP contribution in [0.3, 0.4) is 0 Å². The summed E-state index contributed by atoms with van der Waals surface area (Å²) in [6, 6.07) is 23.8. The van der Waals surface area contributed by atoms with Gasteiger partial charge in [0, 0.05) is 6.42 Å². The van der Waals surface area contributed by atoms with Crippen molar-refractivity contribution < 1.29 is 0 Å². The summed E-state index contributed by atoms with van der Waals surface area (Å²) in [6.45, 7) is 4.38. The highest BCUT2D eigenvalue weighted by molar-refractivity contribution is 5.92. The van der Waals surface area contributed by atoms with Crippen molar-refractivity contribution in [3.63, 3.8) is 0 Å². The van der Waals surface area contributed by atoms with Gasteiger partial charge in [-0.2, -0.15) is 0 Å². The molecule has 0 spiro atoms. The van der Waals surface area contributed by atoms with Gasteiger partial charge in [0.15, 0.2) is 0 Å². The first kappa shape index (κ1) is 14.0. The summed E-state index contributed by atoms with van der Waals surface area (Å²) < 4.78 is 0. The molecule has 0 heteroatoms. The van der Waals surface area contributed by atoms with Crippen molar-refractivity contribution in [2.24, 2.45) is 0 Å². The van der Waals surface area contributed by atoms with Gasteiger partial charge in [-0.05, 0) is 52.8 Å². The number of hydrogen-bond donors (Lipinski definition) is 0. The van der Waals surface area contributed by atoms with E-state index in [1.165, 1.54) is 44.5 Å². The first-order valence-corrected chi connectivity index (χ1v) is 8.05. The van der Waals surface area contributed by atoms with Gasteiger partial charge in [0.2, 0.25) is 0 Å². The number of rotatable bonds is 2. The van der Waals surface area contributed by atoms with Crippen molar-refractivity contribution in [2.45, 2.75) is 13.8 Å². The fraction of sp³-hybridized carbons (Fsp3) is 0.0870. The standard InChI is InChI=1S/C23H19/c1-16-14-19-13-12-17(2)23(22(19)15-16)21-11-7-6-10-20(21)18-8-4-3-5-9-18/h3-15H,1-2H3. The Kier molecular flexibility index (Phi) is 3.38. The molecule has 4 rings (SSSR count). The van der Waals surface area contributed by atoms with E-state index in [0.29, 0.717) is 0 Å². The van der Waals surface area contributed by atoms with E-state index in [4.69, 9.17) is 0 Å². The maximum Gasteiger partial charge on any atom is 0.0161 e. The van der Waals surface area contributed by atoms with Gasteiger partial charge < -0.3 is 0 Å². The summed E-state index contributed by atoms with van der Waals surface area (Å²) in [5, 5.41) is 0. The highest BCUT2D eigenvalue weighted by Gasteiger charge is 2.18. The van der Waals surface area contributed by atoms with Crippen molar-refractivity contribution in [1.29, 1.82) is 0 Å². The van der Waals surface area contributed by atoms with Crippen molar-refractivity contribution in [3.05, 3.63) is 95.4 Å². The van der Waals surface area contributed by atoms with E-state index in [-0.39, 0.29) is 0 Å². The zero-order valence-corrected chi connectivity index (χ0v) is 13.5. The largest absolute Gasteiger partial charge is 0.0642 e. The Bertz CT molecular complexity index is 899. The Morgan fingerprint density at radius 1 is 0.652 bits per heavy atom. The van der Waals surface area contributed by atoms with E-state index in [2.05, 4.69) is 93.1 Å². The normalized spacial score (nSPS) is 12.9. The van der Waals surface area contributed by atoms with Crippen LogP contribution in [0.2, 0.25) is 0 Å². The smallest absolute Gasteiger partial charge is 0.0161 e. The molecule has 0 heterocycles. The average molecular weight is 295 g/mol. The van der Waals surface area contributed by atoms with Crippen LogP contribution in [0.25, 0.3) is 28.3 Å². The van der Waals surface area contributed by atoms with Gasteiger partial charge in [0.25, 0.3) is 0 Å². The summed E-state index contributed by atoms with van der Waals surface area (Å²) in [5.41, 5.74) is 10.6. The Hall–Kier alpha value is -2.60. The number of allylic oxidation sites excluding steroid dienone is 1. The molecular formula is C23H19. The molecule has 1 aliphatic carbocycles. The van der Waals surface area contributed by atoms with Crippen LogP contribution in [-0.2, 0) is 0 Å². The molecule has 3 aromatic rings. The third-order valence-electron chi connectivity index (χ3n) is 4.52. The minimum absolute atomic E-state index is 1.27. The lowest BCUT2D eigenvalue weighted by Gasteiger charge is -2.16. The zero-order valence-electron chi connectivity index (χ0n) is 13.5.